The Balaban J connectivity index is 2.36. The molecule has 1 aromatic carbocycles. The fraction of sp³-hybridized carbons (Fsp3) is 0.538. The molecule has 0 aliphatic rings. The normalized spacial score (nSPS) is 12.4. The number of hydrazine groups is 1. The third kappa shape index (κ3) is 4.54. The number of halogens is 1. The van der Waals surface area contributed by atoms with E-state index in [0.717, 1.165) is 23.4 Å². The molecule has 0 spiro atoms. The van der Waals surface area contributed by atoms with Crippen molar-refractivity contribution in [1.82, 2.24) is 0 Å². The first-order chi connectivity index (χ1) is 7.77. The average molecular weight is 285 g/mol. The summed E-state index contributed by atoms with van der Waals surface area (Å²) in [5.41, 5.74) is 5.12. The minimum atomic E-state index is 0.803. The van der Waals surface area contributed by atoms with Gasteiger partial charge in [0.1, 0.15) is 0 Å². The van der Waals surface area contributed by atoms with Crippen LogP contribution in [0.3, 0.4) is 0 Å². The smallest absolute Gasteiger partial charge is 0.0517 e. The number of nitrogens with one attached hydrogen (secondary N) is 1. The molecule has 0 radical (unpaired) electrons. The van der Waals surface area contributed by atoms with Crippen LogP contribution in [-0.4, -0.2) is 5.33 Å². The second-order valence-corrected chi connectivity index (χ2v) is 5.07. The molecule has 1 aromatic rings. The lowest BCUT2D eigenvalue weighted by Gasteiger charge is -2.11. The zero-order chi connectivity index (χ0) is 11.8. The van der Waals surface area contributed by atoms with Gasteiger partial charge in [-0.25, -0.2) is 0 Å². The highest BCUT2D eigenvalue weighted by atomic mass is 79.9. The molecule has 0 saturated heterocycles. The lowest BCUT2D eigenvalue weighted by Crippen LogP contribution is -2.09. The fourth-order valence-corrected chi connectivity index (χ4v) is 2.63. The van der Waals surface area contributed by atoms with Crippen LogP contribution in [0.15, 0.2) is 24.3 Å². The standard InChI is InChI=1S/C13H21BrN2/c1-11(9-10-14)5-4-7-12-6-2-3-8-13(12)16-15/h2-3,6,8,11,16H,4-5,7,9-10,15H2,1H3/t11-/m0/s1. The Hall–Kier alpha value is -0.540. The first-order valence-electron chi connectivity index (χ1n) is 5.88. The SMILES string of the molecule is C[C@H](CCBr)CCCc1ccccc1NN. The van der Waals surface area contributed by atoms with E-state index >= 15 is 0 Å². The lowest BCUT2D eigenvalue weighted by molar-refractivity contribution is 0.500. The first kappa shape index (κ1) is 13.5. The molecule has 0 amide bonds. The molecule has 3 N–H and O–H groups in total. The van der Waals surface area contributed by atoms with Gasteiger partial charge in [-0.2, -0.15) is 0 Å². The van der Waals surface area contributed by atoms with Gasteiger partial charge in [-0.15, -0.1) is 0 Å². The summed E-state index contributed by atoms with van der Waals surface area (Å²) in [4.78, 5) is 0. The zero-order valence-corrected chi connectivity index (χ0v) is 11.5. The van der Waals surface area contributed by atoms with Gasteiger partial charge >= 0.3 is 0 Å². The zero-order valence-electron chi connectivity index (χ0n) is 9.88. The minimum Gasteiger partial charge on any atom is -0.324 e. The molecule has 90 valence electrons. The van der Waals surface area contributed by atoms with Crippen molar-refractivity contribution in [2.45, 2.75) is 32.6 Å². The maximum absolute atomic E-state index is 5.47. The van der Waals surface area contributed by atoms with E-state index < -0.39 is 0 Å². The summed E-state index contributed by atoms with van der Waals surface area (Å²) in [5.74, 6) is 6.28. The van der Waals surface area contributed by atoms with Crippen molar-refractivity contribution < 1.29 is 0 Å². The fourth-order valence-electron chi connectivity index (χ4n) is 1.85. The van der Waals surface area contributed by atoms with Crippen LogP contribution in [0, 0.1) is 5.92 Å². The Labute approximate surface area is 107 Å². The molecule has 0 aliphatic carbocycles. The van der Waals surface area contributed by atoms with Crippen molar-refractivity contribution in [1.29, 1.82) is 0 Å². The van der Waals surface area contributed by atoms with Crippen LogP contribution in [0.4, 0.5) is 5.69 Å². The topological polar surface area (TPSA) is 38.0 Å². The van der Waals surface area contributed by atoms with Crippen molar-refractivity contribution in [2.24, 2.45) is 11.8 Å². The molecule has 1 atom stereocenters. The van der Waals surface area contributed by atoms with Crippen LogP contribution >= 0.6 is 15.9 Å². The maximum atomic E-state index is 5.47. The number of anilines is 1. The molecule has 3 heteroatoms. The predicted molar refractivity (Wildman–Crippen MR) is 74.8 cm³/mol. The molecule has 0 heterocycles. The molecule has 2 nitrogen and oxygen atoms in total. The summed E-state index contributed by atoms with van der Waals surface area (Å²) >= 11 is 3.48. The van der Waals surface area contributed by atoms with Crippen molar-refractivity contribution in [3.8, 4) is 0 Å². The van der Waals surface area contributed by atoms with E-state index in [4.69, 9.17) is 5.84 Å². The first-order valence-corrected chi connectivity index (χ1v) is 7.00. The van der Waals surface area contributed by atoms with E-state index in [9.17, 15) is 0 Å². The summed E-state index contributed by atoms with van der Waals surface area (Å²) in [6.07, 6.45) is 4.88. The van der Waals surface area contributed by atoms with Crippen molar-refractivity contribution >= 4 is 21.6 Å². The summed E-state index contributed by atoms with van der Waals surface area (Å²) in [7, 11) is 0. The Kier molecular flexibility index (Phi) is 6.50. The van der Waals surface area contributed by atoms with Gasteiger partial charge in [0.15, 0.2) is 0 Å². The highest BCUT2D eigenvalue weighted by Gasteiger charge is 2.03. The van der Waals surface area contributed by atoms with Crippen LogP contribution in [0.2, 0.25) is 0 Å². The number of rotatable bonds is 7. The molecule has 16 heavy (non-hydrogen) atoms. The summed E-state index contributed by atoms with van der Waals surface area (Å²) in [6, 6.07) is 8.24. The second-order valence-electron chi connectivity index (χ2n) is 4.28. The second kappa shape index (κ2) is 7.69. The molecular weight excluding hydrogens is 264 g/mol. The monoisotopic (exact) mass is 284 g/mol. The number of nitrogen functional groups attached to an aromatic ring is 1. The number of benzene rings is 1. The van der Waals surface area contributed by atoms with Crippen molar-refractivity contribution in [3.05, 3.63) is 29.8 Å². The van der Waals surface area contributed by atoms with Gasteiger partial charge in [0.2, 0.25) is 0 Å². The third-order valence-electron chi connectivity index (χ3n) is 2.92. The Morgan fingerprint density at radius 2 is 2.06 bits per heavy atom. The van der Waals surface area contributed by atoms with Crippen LogP contribution in [0.1, 0.15) is 31.7 Å². The Morgan fingerprint density at radius 3 is 2.75 bits per heavy atom. The number of hydrogen-bond donors (Lipinski definition) is 2. The highest BCUT2D eigenvalue weighted by molar-refractivity contribution is 9.09. The highest BCUT2D eigenvalue weighted by Crippen LogP contribution is 2.19. The van der Waals surface area contributed by atoms with Gasteiger partial charge in [0.25, 0.3) is 0 Å². The predicted octanol–water partition coefficient (Wildman–Crippen LogP) is 3.72. The Morgan fingerprint density at radius 1 is 1.31 bits per heavy atom. The van der Waals surface area contributed by atoms with Gasteiger partial charge < -0.3 is 5.43 Å². The molecule has 0 aromatic heterocycles. The summed E-state index contributed by atoms with van der Waals surface area (Å²) in [5, 5.41) is 1.11. The average Bonchev–Trinajstić information content (AvgIpc) is 2.30. The molecule has 0 fully saturated rings. The number of aryl methyl sites for hydroxylation is 1. The van der Waals surface area contributed by atoms with Gasteiger partial charge in [-0.3, -0.25) is 5.84 Å². The van der Waals surface area contributed by atoms with Gasteiger partial charge in [-0.05, 0) is 36.8 Å². The molecule has 0 bridgehead atoms. The van der Waals surface area contributed by atoms with Crippen LogP contribution in [-0.2, 0) is 6.42 Å². The van der Waals surface area contributed by atoms with E-state index in [1.54, 1.807) is 0 Å². The van der Waals surface area contributed by atoms with Gasteiger partial charge in [-0.1, -0.05) is 47.5 Å². The van der Waals surface area contributed by atoms with E-state index in [2.05, 4.69) is 40.4 Å². The largest absolute Gasteiger partial charge is 0.324 e. The van der Waals surface area contributed by atoms with Gasteiger partial charge in [0, 0.05) is 5.33 Å². The van der Waals surface area contributed by atoms with E-state index in [1.807, 2.05) is 12.1 Å². The molecular formula is C13H21BrN2. The van der Waals surface area contributed by atoms with E-state index in [1.165, 1.54) is 24.8 Å². The summed E-state index contributed by atoms with van der Waals surface area (Å²) in [6.45, 7) is 2.31. The molecule has 1 rings (SSSR count). The van der Waals surface area contributed by atoms with Crippen LogP contribution in [0.5, 0.6) is 0 Å². The van der Waals surface area contributed by atoms with E-state index in [-0.39, 0.29) is 0 Å². The lowest BCUT2D eigenvalue weighted by atomic mass is 9.98. The molecule has 0 unspecified atom stereocenters. The van der Waals surface area contributed by atoms with Crippen LogP contribution < -0.4 is 11.3 Å². The summed E-state index contributed by atoms with van der Waals surface area (Å²) < 4.78 is 0. The molecule has 0 aliphatic heterocycles. The number of hydrogen-bond acceptors (Lipinski definition) is 2. The maximum Gasteiger partial charge on any atom is 0.0517 e. The minimum absolute atomic E-state index is 0.803. The molecule has 0 saturated carbocycles. The quantitative estimate of drug-likeness (QED) is 0.455. The van der Waals surface area contributed by atoms with Crippen molar-refractivity contribution in [2.75, 3.05) is 10.8 Å². The van der Waals surface area contributed by atoms with Gasteiger partial charge in [0.05, 0.1) is 5.69 Å². The van der Waals surface area contributed by atoms with E-state index in [0.29, 0.717) is 0 Å². The number of para-hydroxylation sites is 1. The van der Waals surface area contributed by atoms with Crippen LogP contribution in [0.25, 0.3) is 0 Å². The van der Waals surface area contributed by atoms with Crippen molar-refractivity contribution in [3.63, 3.8) is 0 Å². The number of nitrogens with two attached hydrogens (primary N) is 1. The number of alkyl halides is 1. The Bertz CT molecular complexity index is 302. The third-order valence-corrected chi connectivity index (χ3v) is 3.38.